The largest absolute Gasteiger partial charge is 0.352 e. The molecule has 0 bridgehead atoms. The van der Waals surface area contributed by atoms with Gasteiger partial charge in [0.2, 0.25) is 0 Å². The van der Waals surface area contributed by atoms with E-state index in [9.17, 15) is 0 Å². The van der Waals surface area contributed by atoms with Crippen molar-refractivity contribution in [3.05, 3.63) is 50.9 Å². The van der Waals surface area contributed by atoms with Gasteiger partial charge in [0.05, 0.1) is 21.6 Å². The average Bonchev–Trinajstić information content (AvgIpc) is 3.09. The molecule has 3 heterocycles. The highest BCUT2D eigenvalue weighted by Gasteiger charge is 2.40. The molecule has 1 aliphatic rings. The van der Waals surface area contributed by atoms with Crippen LogP contribution in [0.15, 0.2) is 40.3 Å². The molecular formula is C16H18BrN3S2. The molecule has 0 saturated carbocycles. The van der Waals surface area contributed by atoms with Gasteiger partial charge in [-0.25, -0.2) is 0 Å². The fraction of sp³-hybridized carbons (Fsp3) is 0.375. The van der Waals surface area contributed by atoms with Gasteiger partial charge in [0, 0.05) is 17.6 Å². The van der Waals surface area contributed by atoms with E-state index in [1.54, 1.807) is 11.3 Å². The van der Waals surface area contributed by atoms with Crippen LogP contribution in [0.1, 0.15) is 42.4 Å². The van der Waals surface area contributed by atoms with Crippen molar-refractivity contribution in [1.29, 1.82) is 0 Å². The first-order chi connectivity index (χ1) is 10.7. The third-order valence-corrected chi connectivity index (χ3v) is 5.88. The summed E-state index contributed by atoms with van der Waals surface area (Å²) >= 11 is 10.9. The zero-order valence-electron chi connectivity index (χ0n) is 12.3. The summed E-state index contributed by atoms with van der Waals surface area (Å²) in [7, 11) is 0. The molecule has 0 amide bonds. The van der Waals surface area contributed by atoms with Crippen molar-refractivity contribution in [3.63, 3.8) is 0 Å². The van der Waals surface area contributed by atoms with E-state index in [2.05, 4.69) is 56.3 Å². The number of halogens is 1. The molecule has 0 aliphatic carbocycles. The molecule has 2 unspecified atom stereocenters. The molecular weight excluding hydrogens is 378 g/mol. The van der Waals surface area contributed by atoms with E-state index in [0.29, 0.717) is 0 Å². The number of hydrogen-bond acceptors (Lipinski definition) is 3. The Hall–Kier alpha value is -0.980. The minimum Gasteiger partial charge on any atom is -0.352 e. The second-order valence-electron chi connectivity index (χ2n) is 5.32. The monoisotopic (exact) mass is 395 g/mol. The summed E-state index contributed by atoms with van der Waals surface area (Å²) in [5.74, 6) is 0. The zero-order valence-corrected chi connectivity index (χ0v) is 15.5. The quantitative estimate of drug-likeness (QED) is 0.743. The fourth-order valence-electron chi connectivity index (χ4n) is 2.77. The predicted molar refractivity (Wildman–Crippen MR) is 99.1 cm³/mol. The molecule has 0 spiro atoms. The first kappa shape index (κ1) is 15.9. The zero-order chi connectivity index (χ0) is 15.5. The second-order valence-corrected chi connectivity index (χ2v) is 8.20. The van der Waals surface area contributed by atoms with Crippen LogP contribution in [-0.4, -0.2) is 21.5 Å². The molecule has 1 fully saturated rings. The third-order valence-electron chi connectivity index (χ3n) is 3.84. The van der Waals surface area contributed by atoms with Crippen LogP contribution in [0.2, 0.25) is 0 Å². The Morgan fingerprint density at radius 1 is 1.36 bits per heavy atom. The van der Waals surface area contributed by atoms with Gasteiger partial charge >= 0.3 is 0 Å². The Morgan fingerprint density at radius 3 is 2.86 bits per heavy atom. The maximum absolute atomic E-state index is 5.59. The van der Waals surface area contributed by atoms with Gasteiger partial charge in [-0.15, -0.1) is 11.3 Å². The van der Waals surface area contributed by atoms with Crippen LogP contribution < -0.4 is 5.32 Å². The highest BCUT2D eigenvalue weighted by molar-refractivity contribution is 9.11. The van der Waals surface area contributed by atoms with E-state index in [0.717, 1.165) is 34.0 Å². The lowest BCUT2D eigenvalue weighted by Gasteiger charge is -2.26. The highest BCUT2D eigenvalue weighted by Crippen LogP contribution is 2.42. The topological polar surface area (TPSA) is 28.2 Å². The number of thiophene rings is 1. The minimum absolute atomic E-state index is 0.108. The number of rotatable bonds is 5. The Bertz CT molecular complexity index is 644. The molecule has 1 N–H and O–H groups in total. The van der Waals surface area contributed by atoms with E-state index >= 15 is 0 Å². The van der Waals surface area contributed by atoms with Crippen LogP contribution in [0.25, 0.3) is 0 Å². The van der Waals surface area contributed by atoms with E-state index in [1.807, 2.05) is 18.3 Å². The molecule has 1 aliphatic heterocycles. The lowest BCUT2D eigenvalue weighted by atomic mass is 10.0. The Labute approximate surface area is 148 Å². The number of pyridine rings is 1. The summed E-state index contributed by atoms with van der Waals surface area (Å²) in [6.07, 6.45) is 4.14. The summed E-state index contributed by atoms with van der Waals surface area (Å²) in [6, 6.07) is 10.7. The van der Waals surface area contributed by atoms with Crippen LogP contribution in [-0.2, 0) is 0 Å². The Kier molecular flexibility index (Phi) is 5.10. The van der Waals surface area contributed by atoms with Crippen molar-refractivity contribution in [2.24, 2.45) is 0 Å². The number of unbranched alkanes of at least 4 members (excludes halogenated alkanes) is 1. The van der Waals surface area contributed by atoms with Gasteiger partial charge < -0.3 is 10.2 Å². The van der Waals surface area contributed by atoms with Crippen LogP contribution in [0.3, 0.4) is 0 Å². The first-order valence-corrected chi connectivity index (χ1v) is 9.45. The summed E-state index contributed by atoms with van der Waals surface area (Å²) in [4.78, 5) is 8.16. The van der Waals surface area contributed by atoms with E-state index in [1.165, 1.54) is 4.88 Å². The molecule has 3 nitrogen and oxygen atoms in total. The van der Waals surface area contributed by atoms with Gasteiger partial charge in [0.1, 0.15) is 0 Å². The standard InChI is InChI=1S/C16H18BrN3S2/c1-2-3-10-20-15(12-7-8-13(17)22-12)14(19-16(20)21)11-6-4-5-9-18-11/h4-9,14-15H,2-3,10H2,1H3,(H,19,21). The van der Waals surface area contributed by atoms with Gasteiger partial charge in [0.25, 0.3) is 0 Å². The van der Waals surface area contributed by atoms with Crippen molar-refractivity contribution in [2.45, 2.75) is 31.8 Å². The number of nitrogens with zero attached hydrogens (tertiary/aromatic N) is 2. The molecule has 22 heavy (non-hydrogen) atoms. The van der Waals surface area contributed by atoms with Gasteiger partial charge in [0.15, 0.2) is 5.11 Å². The third kappa shape index (κ3) is 3.19. The SMILES string of the molecule is CCCCN1C(=S)NC(c2ccccn2)C1c1ccc(Br)s1. The molecule has 1 saturated heterocycles. The summed E-state index contributed by atoms with van der Waals surface area (Å²) in [5, 5.41) is 4.31. The molecule has 2 aromatic heterocycles. The molecule has 2 atom stereocenters. The van der Waals surface area contributed by atoms with E-state index in [4.69, 9.17) is 12.2 Å². The van der Waals surface area contributed by atoms with E-state index < -0.39 is 0 Å². The molecule has 0 radical (unpaired) electrons. The Balaban J connectivity index is 1.96. The number of hydrogen-bond donors (Lipinski definition) is 1. The lowest BCUT2D eigenvalue weighted by Crippen LogP contribution is -2.30. The highest BCUT2D eigenvalue weighted by atomic mass is 79.9. The van der Waals surface area contributed by atoms with Gasteiger partial charge in [-0.1, -0.05) is 19.4 Å². The van der Waals surface area contributed by atoms with Crippen LogP contribution in [0.5, 0.6) is 0 Å². The van der Waals surface area contributed by atoms with Gasteiger partial charge in [-0.3, -0.25) is 4.98 Å². The predicted octanol–water partition coefficient (Wildman–Crippen LogP) is 4.68. The molecule has 116 valence electrons. The molecule has 3 rings (SSSR count). The smallest absolute Gasteiger partial charge is 0.170 e. The fourth-order valence-corrected chi connectivity index (χ4v) is 4.68. The number of aromatic nitrogens is 1. The van der Waals surface area contributed by atoms with Crippen molar-refractivity contribution in [3.8, 4) is 0 Å². The van der Waals surface area contributed by atoms with Gasteiger partial charge in [-0.2, -0.15) is 0 Å². The maximum Gasteiger partial charge on any atom is 0.170 e. The lowest BCUT2D eigenvalue weighted by molar-refractivity contribution is 0.317. The molecule has 0 aromatic carbocycles. The summed E-state index contributed by atoms with van der Waals surface area (Å²) in [5.41, 5.74) is 1.04. The number of thiocarbonyl (C=S) groups is 1. The van der Waals surface area contributed by atoms with Crippen LogP contribution in [0, 0.1) is 0 Å². The summed E-state index contributed by atoms with van der Waals surface area (Å²) < 4.78 is 1.15. The minimum atomic E-state index is 0.108. The van der Waals surface area contributed by atoms with Crippen molar-refractivity contribution < 1.29 is 0 Å². The molecule has 6 heteroatoms. The average molecular weight is 396 g/mol. The van der Waals surface area contributed by atoms with Gasteiger partial charge in [-0.05, 0) is 58.8 Å². The maximum atomic E-state index is 5.59. The Morgan fingerprint density at radius 2 is 2.23 bits per heavy atom. The van der Waals surface area contributed by atoms with E-state index in [-0.39, 0.29) is 12.1 Å². The van der Waals surface area contributed by atoms with Crippen LogP contribution >= 0.6 is 39.5 Å². The van der Waals surface area contributed by atoms with Crippen molar-refractivity contribution in [2.75, 3.05) is 6.54 Å². The number of nitrogens with one attached hydrogen (secondary N) is 1. The van der Waals surface area contributed by atoms with Crippen molar-refractivity contribution in [1.82, 2.24) is 15.2 Å². The second kappa shape index (κ2) is 7.06. The van der Waals surface area contributed by atoms with Crippen molar-refractivity contribution >= 4 is 44.6 Å². The first-order valence-electron chi connectivity index (χ1n) is 7.44. The normalized spacial score (nSPS) is 21.2. The van der Waals surface area contributed by atoms with Crippen LogP contribution in [0.4, 0.5) is 0 Å². The molecule has 2 aromatic rings. The summed E-state index contributed by atoms with van der Waals surface area (Å²) in [6.45, 7) is 3.19.